The number of unbranched alkanes of at least 4 members (excludes halogenated alkanes) is 1. The van der Waals surface area contributed by atoms with Crippen LogP contribution in [0.25, 0.3) is 0 Å². The maximum atomic E-state index is 12.1. The summed E-state index contributed by atoms with van der Waals surface area (Å²) in [4.78, 5) is 24.1. The number of benzene rings is 1. The second-order valence-electron chi connectivity index (χ2n) is 5.77. The summed E-state index contributed by atoms with van der Waals surface area (Å²) in [6.45, 7) is 4.59. The first-order valence-electron chi connectivity index (χ1n) is 8.20. The zero-order chi connectivity index (χ0) is 19.7. The minimum absolute atomic E-state index is 0.0770. The highest BCUT2D eigenvalue weighted by Crippen LogP contribution is 2.11. The molecule has 0 saturated heterocycles. The first kappa shape index (κ1) is 21.6. The van der Waals surface area contributed by atoms with E-state index in [2.05, 4.69) is 10.0 Å². The number of nitrogens with zero attached hydrogens (tertiary/aromatic N) is 1. The number of nitrogens with one attached hydrogen (secondary N) is 2. The van der Waals surface area contributed by atoms with Crippen LogP contribution >= 0.6 is 0 Å². The summed E-state index contributed by atoms with van der Waals surface area (Å²) in [5.41, 5.74) is 0.771. The van der Waals surface area contributed by atoms with Crippen LogP contribution in [0.1, 0.15) is 39.2 Å². The van der Waals surface area contributed by atoms with Gasteiger partial charge in [0.2, 0.25) is 10.0 Å². The average Bonchev–Trinajstić information content (AvgIpc) is 2.59. The molecule has 1 aromatic carbocycles. The molecule has 0 unspecified atom stereocenters. The fourth-order valence-electron chi connectivity index (χ4n) is 1.95. The maximum Gasteiger partial charge on any atom is 0.324 e. The lowest BCUT2D eigenvalue weighted by Crippen LogP contribution is -2.43. The summed E-state index contributed by atoms with van der Waals surface area (Å²) in [6, 6.07) is 7.12. The Bertz CT molecular complexity index is 786. The fraction of sp³-hybridized carbons (Fsp3) is 0.471. The number of ether oxygens (including phenoxy) is 1. The van der Waals surface area contributed by atoms with Gasteiger partial charge >= 0.3 is 5.97 Å². The van der Waals surface area contributed by atoms with Gasteiger partial charge in [0.15, 0.2) is 6.10 Å². The van der Waals surface area contributed by atoms with E-state index in [0.717, 1.165) is 0 Å². The Labute approximate surface area is 153 Å². The number of nitriles is 1. The van der Waals surface area contributed by atoms with Crippen molar-refractivity contribution in [3.8, 4) is 6.07 Å². The van der Waals surface area contributed by atoms with Gasteiger partial charge in [-0.25, -0.2) is 13.1 Å². The third-order valence-electron chi connectivity index (χ3n) is 3.40. The molecule has 0 heterocycles. The molecule has 0 radical (unpaired) electrons. The van der Waals surface area contributed by atoms with E-state index < -0.39 is 34.0 Å². The molecule has 0 fully saturated rings. The van der Waals surface area contributed by atoms with E-state index in [4.69, 9.17) is 10.00 Å². The van der Waals surface area contributed by atoms with Crippen LogP contribution in [0.2, 0.25) is 0 Å². The van der Waals surface area contributed by atoms with E-state index in [1.54, 1.807) is 18.2 Å². The molecule has 2 atom stereocenters. The van der Waals surface area contributed by atoms with E-state index in [1.807, 2.05) is 13.0 Å². The van der Waals surface area contributed by atoms with Gasteiger partial charge in [-0.3, -0.25) is 9.59 Å². The molecule has 2 N–H and O–H groups in total. The molecule has 1 aromatic rings. The van der Waals surface area contributed by atoms with Crippen molar-refractivity contribution in [2.24, 2.45) is 0 Å². The van der Waals surface area contributed by atoms with Gasteiger partial charge < -0.3 is 10.1 Å². The molecule has 0 aliphatic carbocycles. The number of anilines is 1. The zero-order valence-electron chi connectivity index (χ0n) is 15.0. The topological polar surface area (TPSA) is 125 Å². The number of esters is 1. The van der Waals surface area contributed by atoms with Crippen LogP contribution in [0.15, 0.2) is 24.3 Å². The number of carbonyl (C=O) groups excluding carboxylic acids is 2. The van der Waals surface area contributed by atoms with Crippen LogP contribution < -0.4 is 10.0 Å². The third-order valence-corrected chi connectivity index (χ3v) is 4.94. The van der Waals surface area contributed by atoms with Gasteiger partial charge in [-0.2, -0.15) is 5.26 Å². The summed E-state index contributed by atoms with van der Waals surface area (Å²) in [6.07, 6.45) is 0.0672. The first-order valence-corrected chi connectivity index (χ1v) is 9.85. The second-order valence-corrected chi connectivity index (χ2v) is 7.65. The van der Waals surface area contributed by atoms with Gasteiger partial charge in [0.25, 0.3) is 5.91 Å². The van der Waals surface area contributed by atoms with Crippen LogP contribution in [0.5, 0.6) is 0 Å². The van der Waals surface area contributed by atoms with Crippen molar-refractivity contribution in [2.75, 3.05) is 11.1 Å². The number of amides is 1. The van der Waals surface area contributed by atoms with E-state index >= 15 is 0 Å². The molecular formula is C17H23N3O5S. The van der Waals surface area contributed by atoms with Gasteiger partial charge in [-0.05, 0) is 38.5 Å². The number of carbonyl (C=O) groups is 2. The highest BCUT2D eigenvalue weighted by molar-refractivity contribution is 7.89. The first-order chi connectivity index (χ1) is 12.2. The van der Waals surface area contributed by atoms with E-state index in [0.29, 0.717) is 24.1 Å². The summed E-state index contributed by atoms with van der Waals surface area (Å²) >= 11 is 0. The van der Waals surface area contributed by atoms with E-state index in [-0.39, 0.29) is 5.75 Å². The molecule has 0 bridgehead atoms. The third kappa shape index (κ3) is 7.21. The van der Waals surface area contributed by atoms with Gasteiger partial charge in [0, 0.05) is 5.69 Å². The van der Waals surface area contributed by atoms with Crippen molar-refractivity contribution in [1.82, 2.24) is 4.72 Å². The second kappa shape index (κ2) is 9.89. The molecule has 1 amide bonds. The quantitative estimate of drug-likeness (QED) is 0.625. The Morgan fingerprint density at radius 1 is 1.31 bits per heavy atom. The number of hydrogen-bond donors (Lipinski definition) is 2. The fourth-order valence-corrected chi connectivity index (χ4v) is 3.37. The normalized spacial score (nSPS) is 13.3. The molecule has 0 aromatic heterocycles. The Morgan fingerprint density at radius 3 is 2.62 bits per heavy atom. The lowest BCUT2D eigenvalue weighted by atomic mass is 10.2. The minimum Gasteiger partial charge on any atom is -0.451 e. The predicted molar refractivity (Wildman–Crippen MR) is 96.6 cm³/mol. The summed E-state index contributed by atoms with van der Waals surface area (Å²) in [7, 11) is -3.58. The smallest absolute Gasteiger partial charge is 0.324 e. The standard InChI is InChI=1S/C17H23N3O5S/c1-4-5-9-26(23,24)20-12(2)17(22)25-13(3)16(21)19-15-8-6-7-14(10-15)11-18/h6-8,10,12-13,20H,4-5,9H2,1-3H3,(H,19,21)/t12-,13+/m0/s1. The highest BCUT2D eigenvalue weighted by atomic mass is 32.2. The SMILES string of the molecule is CCCCS(=O)(=O)N[C@@H](C)C(=O)O[C@H](C)C(=O)Nc1cccc(C#N)c1. The molecule has 0 aliphatic rings. The number of sulfonamides is 1. The highest BCUT2D eigenvalue weighted by Gasteiger charge is 2.25. The van der Waals surface area contributed by atoms with Crippen molar-refractivity contribution in [1.29, 1.82) is 5.26 Å². The number of hydrogen-bond acceptors (Lipinski definition) is 6. The Balaban J connectivity index is 2.59. The van der Waals surface area contributed by atoms with Crippen molar-refractivity contribution >= 4 is 27.6 Å². The van der Waals surface area contributed by atoms with Crippen LogP contribution in [0, 0.1) is 11.3 Å². The van der Waals surface area contributed by atoms with Crippen LogP contribution in [0.3, 0.4) is 0 Å². The van der Waals surface area contributed by atoms with E-state index in [1.165, 1.54) is 19.9 Å². The van der Waals surface area contributed by atoms with Crippen molar-refractivity contribution < 1.29 is 22.7 Å². The van der Waals surface area contributed by atoms with Crippen molar-refractivity contribution in [2.45, 2.75) is 45.8 Å². The zero-order valence-corrected chi connectivity index (χ0v) is 15.8. The molecule has 0 spiro atoms. The molecule has 8 nitrogen and oxygen atoms in total. The Hall–Kier alpha value is -2.44. The van der Waals surface area contributed by atoms with Gasteiger partial charge in [-0.1, -0.05) is 19.4 Å². The summed E-state index contributed by atoms with van der Waals surface area (Å²) < 4.78 is 30.8. The monoisotopic (exact) mass is 381 g/mol. The lowest BCUT2D eigenvalue weighted by Gasteiger charge is -2.17. The van der Waals surface area contributed by atoms with E-state index in [9.17, 15) is 18.0 Å². The number of rotatable bonds is 9. The molecule has 0 aliphatic heterocycles. The Morgan fingerprint density at radius 2 is 2.00 bits per heavy atom. The maximum absolute atomic E-state index is 12.1. The Kier molecular flexibility index (Phi) is 8.22. The molecule has 26 heavy (non-hydrogen) atoms. The van der Waals surface area contributed by atoms with Gasteiger partial charge in [0.05, 0.1) is 17.4 Å². The molecule has 0 saturated carbocycles. The van der Waals surface area contributed by atoms with Crippen molar-refractivity contribution in [3.63, 3.8) is 0 Å². The van der Waals surface area contributed by atoms with Crippen LogP contribution in [-0.4, -0.2) is 38.2 Å². The molecule has 9 heteroatoms. The minimum atomic E-state index is -3.58. The lowest BCUT2D eigenvalue weighted by molar-refractivity contribution is -0.154. The summed E-state index contributed by atoms with van der Waals surface area (Å²) in [5, 5.41) is 11.4. The van der Waals surface area contributed by atoms with Crippen molar-refractivity contribution in [3.05, 3.63) is 29.8 Å². The van der Waals surface area contributed by atoms with Crippen LogP contribution in [-0.2, 0) is 24.3 Å². The van der Waals surface area contributed by atoms with Gasteiger partial charge in [-0.15, -0.1) is 0 Å². The molecule has 1 rings (SSSR count). The molecular weight excluding hydrogens is 358 g/mol. The predicted octanol–water partition coefficient (Wildman–Crippen LogP) is 1.54. The molecule has 142 valence electrons. The average molecular weight is 381 g/mol. The largest absolute Gasteiger partial charge is 0.451 e. The van der Waals surface area contributed by atoms with Crippen LogP contribution in [0.4, 0.5) is 5.69 Å². The summed E-state index contributed by atoms with van der Waals surface area (Å²) in [5.74, 6) is -1.51. The van der Waals surface area contributed by atoms with Gasteiger partial charge in [0.1, 0.15) is 6.04 Å².